The first-order chi connectivity index (χ1) is 24.8. The standard InChI is InChI=1S/C37H41F3N6O6/c1-37(2,17-29(47)41-12-14-52-15-13-45-30(48)10-11-31(45)49)34(46-20-25-27(40)18-42-32(25)33(50)36(46)51)35-43-28(24-16-23(38)8-9-26(24)39)21-44(35)19-22-6-4-3-5-7-22/h3-11,16,21,25,27,32-34,42,50H,12-15,17-20H2,1-2H3,(H,41,47)/t25-,27-,32?,33-,34-/m0/s1. The molecule has 3 aliphatic heterocycles. The average Bonchev–Trinajstić information content (AvgIpc) is 3.78. The second-order valence-electron chi connectivity index (χ2n) is 14.0. The zero-order chi connectivity index (χ0) is 37.2. The number of likely N-dealkylation sites (tertiary alicyclic amines) is 1. The van der Waals surface area contributed by atoms with E-state index in [1.807, 2.05) is 30.3 Å². The molecule has 15 heteroatoms. The van der Waals surface area contributed by atoms with Gasteiger partial charge in [-0.2, -0.15) is 0 Å². The highest BCUT2D eigenvalue weighted by Crippen LogP contribution is 2.45. The zero-order valence-corrected chi connectivity index (χ0v) is 28.8. The van der Waals surface area contributed by atoms with Crippen LogP contribution in [0.25, 0.3) is 11.3 Å². The highest BCUT2D eigenvalue weighted by atomic mass is 19.1. The Morgan fingerprint density at radius 3 is 2.56 bits per heavy atom. The number of imidazole rings is 1. The summed E-state index contributed by atoms with van der Waals surface area (Å²) in [5.74, 6) is -3.80. The van der Waals surface area contributed by atoms with Crippen molar-refractivity contribution in [2.45, 2.75) is 51.2 Å². The van der Waals surface area contributed by atoms with Crippen molar-refractivity contribution in [3.05, 3.63) is 89.9 Å². The second-order valence-corrected chi connectivity index (χ2v) is 14.0. The topological polar surface area (TPSA) is 146 Å². The quantitative estimate of drug-likeness (QED) is 0.170. The summed E-state index contributed by atoms with van der Waals surface area (Å²) in [5.41, 5.74) is -0.296. The number of hydrogen-bond acceptors (Lipinski definition) is 8. The molecule has 12 nitrogen and oxygen atoms in total. The van der Waals surface area contributed by atoms with Gasteiger partial charge in [-0.3, -0.25) is 24.1 Å². The van der Waals surface area contributed by atoms with Gasteiger partial charge in [0.2, 0.25) is 5.91 Å². The lowest BCUT2D eigenvalue weighted by molar-refractivity contribution is -0.156. The summed E-state index contributed by atoms with van der Waals surface area (Å²) >= 11 is 0. The van der Waals surface area contributed by atoms with Crippen molar-refractivity contribution < 1.29 is 42.2 Å². The number of fused-ring (bicyclic) bond motifs is 1. The molecular weight excluding hydrogens is 681 g/mol. The fraction of sp³-hybridized carbons (Fsp3) is 0.432. The van der Waals surface area contributed by atoms with Crippen LogP contribution in [0.1, 0.15) is 37.7 Å². The van der Waals surface area contributed by atoms with Crippen molar-refractivity contribution in [3.63, 3.8) is 0 Å². The third-order valence-corrected chi connectivity index (χ3v) is 9.81. The molecule has 2 fully saturated rings. The highest BCUT2D eigenvalue weighted by Gasteiger charge is 2.53. The monoisotopic (exact) mass is 722 g/mol. The molecule has 2 aromatic carbocycles. The lowest BCUT2D eigenvalue weighted by Crippen LogP contribution is -2.61. The average molecular weight is 723 g/mol. The number of nitrogens with zero attached hydrogens (tertiary/aromatic N) is 4. The van der Waals surface area contributed by atoms with Crippen LogP contribution >= 0.6 is 0 Å². The summed E-state index contributed by atoms with van der Waals surface area (Å²) in [5, 5.41) is 16.8. The molecule has 276 valence electrons. The van der Waals surface area contributed by atoms with Gasteiger partial charge < -0.3 is 29.9 Å². The molecule has 4 amide bonds. The van der Waals surface area contributed by atoms with E-state index in [0.29, 0.717) is 0 Å². The van der Waals surface area contributed by atoms with E-state index >= 15 is 8.78 Å². The number of piperidine rings is 1. The maximum absolute atomic E-state index is 15.2. The van der Waals surface area contributed by atoms with Crippen LogP contribution in [0.3, 0.4) is 0 Å². The first-order valence-electron chi connectivity index (χ1n) is 17.1. The summed E-state index contributed by atoms with van der Waals surface area (Å²) in [7, 11) is 0. The molecular formula is C37H41F3N6O6. The number of carbonyl (C=O) groups is 4. The van der Waals surface area contributed by atoms with E-state index in [1.54, 1.807) is 24.6 Å². The SMILES string of the molecule is CC(C)(CC(=O)NCCOCCN1C(=O)C=CC1=O)[C@H](c1nc(-c2cc(F)ccc2F)cn1Cc1ccccc1)N1C[C@@H]2C(NC[C@@H]2F)[C@H](O)C1=O. The molecule has 2 saturated heterocycles. The molecule has 0 saturated carbocycles. The fourth-order valence-electron chi connectivity index (χ4n) is 7.26. The molecule has 0 bridgehead atoms. The predicted molar refractivity (Wildman–Crippen MR) is 182 cm³/mol. The number of aliphatic hydroxyl groups is 1. The number of aromatic nitrogens is 2. The van der Waals surface area contributed by atoms with Crippen LogP contribution in [0.4, 0.5) is 13.2 Å². The molecule has 52 heavy (non-hydrogen) atoms. The Hall–Kier alpha value is -4.86. The molecule has 6 rings (SSSR count). The van der Waals surface area contributed by atoms with E-state index in [9.17, 15) is 28.7 Å². The molecule has 4 heterocycles. The number of halogens is 3. The lowest BCUT2D eigenvalue weighted by Gasteiger charge is -2.47. The van der Waals surface area contributed by atoms with E-state index in [4.69, 9.17) is 9.72 Å². The smallest absolute Gasteiger partial charge is 0.253 e. The van der Waals surface area contributed by atoms with Gasteiger partial charge in [-0.15, -0.1) is 0 Å². The Labute approximate surface area is 298 Å². The van der Waals surface area contributed by atoms with Crippen LogP contribution in [0.2, 0.25) is 0 Å². The lowest BCUT2D eigenvalue weighted by atomic mass is 9.77. The second kappa shape index (κ2) is 15.4. The molecule has 3 N–H and O–H groups in total. The molecule has 3 aromatic rings. The number of hydrogen-bond donors (Lipinski definition) is 3. The van der Waals surface area contributed by atoms with Gasteiger partial charge in [-0.1, -0.05) is 44.2 Å². The van der Waals surface area contributed by atoms with Crippen LogP contribution in [0.5, 0.6) is 0 Å². The first-order valence-corrected chi connectivity index (χ1v) is 17.1. The first kappa shape index (κ1) is 36.9. The van der Waals surface area contributed by atoms with Crippen molar-refractivity contribution in [3.8, 4) is 11.3 Å². The van der Waals surface area contributed by atoms with Crippen LogP contribution < -0.4 is 10.6 Å². The van der Waals surface area contributed by atoms with Crippen molar-refractivity contribution >= 4 is 23.6 Å². The summed E-state index contributed by atoms with van der Waals surface area (Å²) < 4.78 is 52.0. The zero-order valence-electron chi connectivity index (χ0n) is 28.8. The molecule has 3 aliphatic rings. The number of amides is 4. The predicted octanol–water partition coefficient (Wildman–Crippen LogP) is 2.52. The third kappa shape index (κ3) is 7.81. The largest absolute Gasteiger partial charge is 0.382 e. The van der Waals surface area contributed by atoms with Crippen LogP contribution in [-0.4, -0.2) is 106 Å². The number of aliphatic hydroxyl groups excluding tert-OH is 1. The van der Waals surface area contributed by atoms with Crippen molar-refractivity contribution in [2.75, 3.05) is 39.4 Å². The van der Waals surface area contributed by atoms with Gasteiger partial charge in [0.15, 0.2) is 0 Å². The van der Waals surface area contributed by atoms with Gasteiger partial charge in [-0.25, -0.2) is 18.2 Å². The number of rotatable bonds is 14. The Bertz CT molecular complexity index is 1830. The van der Waals surface area contributed by atoms with E-state index in [1.165, 1.54) is 17.1 Å². The van der Waals surface area contributed by atoms with Gasteiger partial charge in [0, 0.05) is 73.9 Å². The van der Waals surface area contributed by atoms with Gasteiger partial charge >= 0.3 is 0 Å². The minimum absolute atomic E-state index is 0.0286. The Morgan fingerprint density at radius 1 is 1.10 bits per heavy atom. The van der Waals surface area contributed by atoms with Crippen LogP contribution in [0, 0.1) is 23.0 Å². The van der Waals surface area contributed by atoms with E-state index in [0.717, 1.165) is 28.7 Å². The number of alkyl halides is 1. The van der Waals surface area contributed by atoms with E-state index < -0.39 is 71.0 Å². The van der Waals surface area contributed by atoms with E-state index in [-0.39, 0.29) is 69.4 Å². The Balaban J connectivity index is 1.29. The number of ether oxygens (including phenoxy) is 1. The third-order valence-electron chi connectivity index (χ3n) is 9.81. The van der Waals surface area contributed by atoms with Gasteiger partial charge in [-0.05, 0) is 23.8 Å². The summed E-state index contributed by atoms with van der Waals surface area (Å²) in [4.78, 5) is 58.1. The van der Waals surface area contributed by atoms with Crippen molar-refractivity contribution in [1.29, 1.82) is 0 Å². The maximum atomic E-state index is 15.2. The molecule has 5 atom stereocenters. The highest BCUT2D eigenvalue weighted by molar-refractivity contribution is 6.12. The Kier molecular flexibility index (Phi) is 10.9. The maximum Gasteiger partial charge on any atom is 0.253 e. The minimum Gasteiger partial charge on any atom is -0.382 e. The molecule has 0 aliphatic carbocycles. The summed E-state index contributed by atoms with van der Waals surface area (Å²) in [6, 6.07) is 10.5. The normalized spacial score (nSPS) is 22.3. The fourth-order valence-corrected chi connectivity index (χ4v) is 7.26. The van der Waals surface area contributed by atoms with Crippen molar-refractivity contribution in [2.24, 2.45) is 11.3 Å². The number of benzene rings is 2. The van der Waals surface area contributed by atoms with E-state index in [2.05, 4.69) is 10.6 Å². The van der Waals surface area contributed by atoms with Crippen molar-refractivity contribution in [1.82, 2.24) is 30.0 Å². The summed E-state index contributed by atoms with van der Waals surface area (Å²) in [6.07, 6.45) is 0.854. The Morgan fingerprint density at radius 2 is 1.83 bits per heavy atom. The minimum atomic E-state index is -1.57. The van der Waals surface area contributed by atoms with Crippen LogP contribution in [0.15, 0.2) is 66.9 Å². The summed E-state index contributed by atoms with van der Waals surface area (Å²) in [6.45, 7) is 3.94. The van der Waals surface area contributed by atoms with Crippen LogP contribution in [-0.2, 0) is 30.5 Å². The molecule has 1 unspecified atom stereocenters. The molecule has 1 aromatic heterocycles. The number of imide groups is 1. The number of nitrogens with one attached hydrogen (secondary N) is 2. The molecule has 0 spiro atoms. The van der Waals surface area contributed by atoms with Gasteiger partial charge in [0.1, 0.15) is 29.7 Å². The number of carbonyl (C=O) groups excluding carboxylic acids is 4. The van der Waals surface area contributed by atoms with Gasteiger partial charge in [0.25, 0.3) is 17.7 Å². The van der Waals surface area contributed by atoms with Gasteiger partial charge in [0.05, 0.1) is 31.5 Å². The molecule has 0 radical (unpaired) electrons.